The number of amides is 2. The van der Waals surface area contributed by atoms with Crippen molar-refractivity contribution in [3.63, 3.8) is 0 Å². The zero-order valence-electron chi connectivity index (χ0n) is 12.0. The van der Waals surface area contributed by atoms with E-state index in [1.165, 1.54) is 11.3 Å². The number of thiophene rings is 1. The van der Waals surface area contributed by atoms with Gasteiger partial charge >= 0.3 is 0 Å². The van der Waals surface area contributed by atoms with Gasteiger partial charge in [-0.05, 0) is 41.9 Å². The summed E-state index contributed by atoms with van der Waals surface area (Å²) in [6.45, 7) is -0.276. The van der Waals surface area contributed by atoms with Gasteiger partial charge in [0.1, 0.15) is 5.75 Å². The van der Waals surface area contributed by atoms with E-state index in [-0.39, 0.29) is 17.6 Å². The fraction of sp³-hybridized carbons (Fsp3) is 0.0714. The molecule has 1 aromatic heterocycles. The number of hydrogen-bond donors (Lipinski definition) is 3. The first-order valence-electron chi connectivity index (χ1n) is 6.47. The molecule has 0 aliphatic heterocycles. The first-order valence-corrected chi connectivity index (χ1v) is 8.93. The Morgan fingerprint density at radius 1 is 1.29 bits per heavy atom. The molecule has 1 aromatic carbocycles. The van der Waals surface area contributed by atoms with Crippen LogP contribution in [0.2, 0.25) is 5.02 Å². The zero-order chi connectivity index (χ0) is 17.5. The lowest BCUT2D eigenvalue weighted by Gasteiger charge is -2.11. The molecule has 0 atom stereocenters. The van der Waals surface area contributed by atoms with E-state index in [4.69, 9.17) is 28.6 Å². The van der Waals surface area contributed by atoms with Crippen LogP contribution in [0, 0.1) is 0 Å². The van der Waals surface area contributed by atoms with Crippen LogP contribution in [-0.4, -0.2) is 23.5 Å². The second kappa shape index (κ2) is 8.97. The maximum atomic E-state index is 11.8. The molecule has 0 saturated carbocycles. The Morgan fingerprint density at radius 2 is 2.08 bits per heavy atom. The van der Waals surface area contributed by atoms with Gasteiger partial charge in [0.15, 0.2) is 11.7 Å². The molecule has 0 unspecified atom stereocenters. The van der Waals surface area contributed by atoms with Crippen molar-refractivity contribution in [3.8, 4) is 5.75 Å². The Balaban J connectivity index is 1.73. The Bertz CT molecular complexity index is 756. The first-order chi connectivity index (χ1) is 11.5. The van der Waals surface area contributed by atoms with Crippen molar-refractivity contribution in [1.29, 1.82) is 0 Å². The molecule has 0 aliphatic carbocycles. The number of carbonyl (C=O) groups excluding carboxylic acids is 2. The number of thiocarbonyl (C=S) groups is 1. The molecule has 2 rings (SSSR count). The highest BCUT2D eigenvalue weighted by Gasteiger charge is 2.10. The molecular weight excluding hydrogens is 438 g/mol. The fourth-order valence-electron chi connectivity index (χ4n) is 1.51. The smallest absolute Gasteiger partial charge is 0.279 e. The highest BCUT2D eigenvalue weighted by Crippen LogP contribution is 2.27. The highest BCUT2D eigenvalue weighted by molar-refractivity contribution is 9.10. The predicted molar refractivity (Wildman–Crippen MR) is 100 cm³/mol. The standard InChI is InChI=1S/C14H11BrClN3O3S2/c15-8-3-4-10(9(16)6-8)22-7-12(20)17-14(23)19-18-13(21)11-2-1-5-24-11/h1-6H,7H2,(H,18,21)(H2,17,19,20,23). The minimum Gasteiger partial charge on any atom is -0.482 e. The minimum absolute atomic E-state index is 0.0459. The molecule has 10 heteroatoms. The number of ether oxygens (including phenoxy) is 1. The number of hydrazine groups is 1. The summed E-state index contributed by atoms with van der Waals surface area (Å²) >= 11 is 15.5. The highest BCUT2D eigenvalue weighted by atomic mass is 79.9. The summed E-state index contributed by atoms with van der Waals surface area (Å²) in [6, 6.07) is 8.45. The van der Waals surface area contributed by atoms with E-state index in [0.717, 1.165) is 4.47 Å². The van der Waals surface area contributed by atoms with Crippen molar-refractivity contribution >= 4 is 68.0 Å². The molecule has 0 aliphatic rings. The minimum atomic E-state index is -0.489. The summed E-state index contributed by atoms with van der Waals surface area (Å²) in [7, 11) is 0. The van der Waals surface area contributed by atoms with Gasteiger partial charge in [-0.25, -0.2) is 0 Å². The molecule has 126 valence electrons. The quantitative estimate of drug-likeness (QED) is 0.495. The molecule has 3 N–H and O–H groups in total. The number of rotatable bonds is 4. The Morgan fingerprint density at radius 3 is 2.75 bits per heavy atom. The van der Waals surface area contributed by atoms with Crippen LogP contribution in [0.25, 0.3) is 0 Å². The van der Waals surface area contributed by atoms with Gasteiger partial charge in [-0.1, -0.05) is 33.6 Å². The molecule has 1 heterocycles. The average molecular weight is 449 g/mol. The van der Waals surface area contributed by atoms with Crippen molar-refractivity contribution in [1.82, 2.24) is 16.2 Å². The lowest BCUT2D eigenvalue weighted by atomic mass is 10.3. The van der Waals surface area contributed by atoms with Crippen LogP contribution < -0.4 is 20.9 Å². The van der Waals surface area contributed by atoms with Gasteiger partial charge < -0.3 is 4.74 Å². The van der Waals surface area contributed by atoms with Crippen LogP contribution in [0.1, 0.15) is 9.67 Å². The van der Waals surface area contributed by atoms with Crippen molar-refractivity contribution in [2.75, 3.05) is 6.61 Å². The lowest BCUT2D eigenvalue weighted by molar-refractivity contribution is -0.121. The third-order valence-corrected chi connectivity index (χ3v) is 4.40. The molecule has 0 spiro atoms. The third kappa shape index (κ3) is 5.75. The molecule has 2 amide bonds. The SMILES string of the molecule is O=C(COc1ccc(Br)cc1Cl)NC(=S)NNC(=O)c1cccs1. The van der Waals surface area contributed by atoms with Gasteiger partial charge in [-0.2, -0.15) is 0 Å². The second-order valence-corrected chi connectivity index (χ2v) is 6.98. The van der Waals surface area contributed by atoms with E-state index >= 15 is 0 Å². The number of carbonyl (C=O) groups is 2. The van der Waals surface area contributed by atoms with Gasteiger partial charge in [0.2, 0.25) is 0 Å². The van der Waals surface area contributed by atoms with Crippen LogP contribution in [-0.2, 0) is 4.79 Å². The van der Waals surface area contributed by atoms with Crippen molar-refractivity contribution in [2.45, 2.75) is 0 Å². The monoisotopic (exact) mass is 447 g/mol. The molecule has 0 fully saturated rings. The van der Waals surface area contributed by atoms with E-state index in [0.29, 0.717) is 15.6 Å². The van der Waals surface area contributed by atoms with E-state index in [9.17, 15) is 9.59 Å². The largest absolute Gasteiger partial charge is 0.482 e. The first kappa shape index (κ1) is 18.7. The van der Waals surface area contributed by atoms with Crippen LogP contribution in [0.4, 0.5) is 0 Å². The van der Waals surface area contributed by atoms with Crippen LogP contribution in [0.15, 0.2) is 40.2 Å². The Hall–Kier alpha value is -1.68. The van der Waals surface area contributed by atoms with Gasteiger partial charge in [0, 0.05) is 4.47 Å². The molecular formula is C14H11BrClN3O3S2. The summed E-state index contributed by atoms with van der Waals surface area (Å²) in [5.41, 5.74) is 4.82. The average Bonchev–Trinajstić information content (AvgIpc) is 3.06. The normalized spacial score (nSPS) is 9.92. The molecule has 0 saturated heterocycles. The van der Waals surface area contributed by atoms with Crippen molar-refractivity contribution in [2.24, 2.45) is 0 Å². The molecule has 6 nitrogen and oxygen atoms in total. The molecule has 0 radical (unpaired) electrons. The fourth-order valence-corrected chi connectivity index (χ4v) is 3.02. The number of benzene rings is 1. The molecule has 2 aromatic rings. The summed E-state index contributed by atoms with van der Waals surface area (Å²) in [4.78, 5) is 24.0. The zero-order valence-corrected chi connectivity index (χ0v) is 15.9. The van der Waals surface area contributed by atoms with Gasteiger partial charge in [0.25, 0.3) is 11.8 Å². The van der Waals surface area contributed by atoms with E-state index in [2.05, 4.69) is 32.1 Å². The van der Waals surface area contributed by atoms with Crippen LogP contribution >= 0.6 is 51.1 Å². The van der Waals surface area contributed by atoms with E-state index in [1.807, 2.05) is 0 Å². The van der Waals surface area contributed by atoms with Crippen LogP contribution in [0.3, 0.4) is 0 Å². The summed E-state index contributed by atoms with van der Waals surface area (Å²) in [5, 5.41) is 4.48. The second-order valence-electron chi connectivity index (χ2n) is 4.30. The Labute approximate surface area is 160 Å². The lowest BCUT2D eigenvalue weighted by Crippen LogP contribution is -2.49. The molecule has 0 bridgehead atoms. The van der Waals surface area contributed by atoms with E-state index in [1.54, 1.807) is 35.7 Å². The van der Waals surface area contributed by atoms with Crippen molar-refractivity contribution < 1.29 is 14.3 Å². The summed E-state index contributed by atoms with van der Waals surface area (Å²) < 4.78 is 6.10. The van der Waals surface area contributed by atoms with Crippen LogP contribution in [0.5, 0.6) is 5.75 Å². The topological polar surface area (TPSA) is 79.5 Å². The van der Waals surface area contributed by atoms with Gasteiger partial charge in [0.05, 0.1) is 9.90 Å². The summed E-state index contributed by atoms with van der Waals surface area (Å²) in [5.74, 6) is -0.462. The van der Waals surface area contributed by atoms with Crippen molar-refractivity contribution in [3.05, 3.63) is 50.1 Å². The summed E-state index contributed by atoms with van der Waals surface area (Å²) in [6.07, 6.45) is 0. The number of nitrogens with one attached hydrogen (secondary N) is 3. The number of hydrogen-bond acceptors (Lipinski definition) is 5. The van der Waals surface area contributed by atoms with E-state index < -0.39 is 5.91 Å². The Kier molecular flexibility index (Phi) is 6.98. The third-order valence-electron chi connectivity index (χ3n) is 2.54. The van der Waals surface area contributed by atoms with Gasteiger partial charge in [-0.15, -0.1) is 11.3 Å². The van der Waals surface area contributed by atoms with Gasteiger partial charge in [-0.3, -0.25) is 25.8 Å². The molecule has 24 heavy (non-hydrogen) atoms. The maximum absolute atomic E-state index is 11.8. The predicted octanol–water partition coefficient (Wildman–Crippen LogP) is 2.88. The maximum Gasteiger partial charge on any atom is 0.279 e. The number of halogens is 2.